The van der Waals surface area contributed by atoms with Gasteiger partial charge in [-0.25, -0.2) is 0 Å². The van der Waals surface area contributed by atoms with Crippen LogP contribution in [0.1, 0.15) is 58.7 Å². The highest BCUT2D eigenvalue weighted by Crippen LogP contribution is 2.40. The molecule has 0 amide bonds. The first-order valence-corrected chi connectivity index (χ1v) is 15.5. The van der Waals surface area contributed by atoms with Gasteiger partial charge in [0.15, 0.2) is 8.32 Å². The van der Waals surface area contributed by atoms with Gasteiger partial charge in [-0.05, 0) is 50.0 Å². The summed E-state index contributed by atoms with van der Waals surface area (Å²) in [6, 6.07) is 20.2. The van der Waals surface area contributed by atoms with E-state index in [9.17, 15) is 9.90 Å². The van der Waals surface area contributed by atoms with Crippen LogP contribution in [0.25, 0.3) is 0 Å². The minimum atomic E-state index is -2.05. The van der Waals surface area contributed by atoms with Crippen molar-refractivity contribution in [1.29, 1.82) is 0 Å². The largest absolute Gasteiger partial charge is 0.458 e. The topological polar surface area (TPSA) is 59.0 Å². The molecule has 0 bridgehead atoms. The lowest BCUT2D eigenvalue weighted by atomic mass is 9.96. The van der Waals surface area contributed by atoms with Crippen LogP contribution in [0.4, 0.5) is 0 Å². The van der Waals surface area contributed by atoms with Gasteiger partial charge in [0.2, 0.25) is 0 Å². The van der Waals surface area contributed by atoms with Gasteiger partial charge in [0.05, 0.1) is 24.1 Å². The van der Waals surface area contributed by atoms with Crippen LogP contribution in [0.2, 0.25) is 18.1 Å². The van der Waals surface area contributed by atoms with Crippen LogP contribution in [0.3, 0.4) is 0 Å². The molecule has 0 aromatic heterocycles. The quantitative estimate of drug-likeness (QED) is 0.387. The average Bonchev–Trinajstić information content (AvgIpc) is 3.07. The molecule has 3 atom stereocenters. The third kappa shape index (κ3) is 6.42. The molecule has 3 rings (SSSR count). The van der Waals surface area contributed by atoms with Crippen LogP contribution in [0.15, 0.2) is 60.7 Å². The molecule has 1 N–H and O–H groups in total. The summed E-state index contributed by atoms with van der Waals surface area (Å²) in [5.74, 6) is -0.302. The monoisotopic (exact) mass is 497 g/mol. The van der Waals surface area contributed by atoms with Gasteiger partial charge in [-0.15, -0.1) is 0 Å². The Morgan fingerprint density at radius 2 is 1.46 bits per heavy atom. The molecular weight excluding hydrogens is 454 g/mol. The van der Waals surface area contributed by atoms with Crippen LogP contribution in [-0.4, -0.2) is 55.7 Å². The predicted octanol–water partition coefficient (Wildman–Crippen LogP) is 5.80. The minimum Gasteiger partial charge on any atom is -0.458 e. The van der Waals surface area contributed by atoms with Gasteiger partial charge in [-0.3, -0.25) is 9.69 Å². The zero-order valence-corrected chi connectivity index (χ0v) is 23.6. The Labute approximate surface area is 212 Å². The number of hydrogen-bond donors (Lipinski definition) is 1. The molecule has 0 unspecified atom stereocenters. The number of carbonyl (C=O) groups excluding carboxylic acids is 1. The van der Waals surface area contributed by atoms with Crippen molar-refractivity contribution in [2.45, 2.75) is 84.0 Å². The molecule has 0 aliphatic carbocycles. The molecule has 1 heterocycles. The predicted molar refractivity (Wildman–Crippen MR) is 144 cm³/mol. The number of hydrogen-bond acceptors (Lipinski definition) is 5. The first kappa shape index (κ1) is 27.6. The molecule has 1 aliphatic rings. The summed E-state index contributed by atoms with van der Waals surface area (Å²) in [4.78, 5) is 15.0. The van der Waals surface area contributed by atoms with E-state index in [1.54, 1.807) is 0 Å². The second kappa shape index (κ2) is 10.6. The van der Waals surface area contributed by atoms with Crippen molar-refractivity contribution < 1.29 is 19.1 Å². The Morgan fingerprint density at radius 3 is 1.89 bits per heavy atom. The van der Waals surface area contributed by atoms with Gasteiger partial charge >= 0.3 is 5.97 Å². The van der Waals surface area contributed by atoms with Crippen LogP contribution in [0.5, 0.6) is 0 Å². The van der Waals surface area contributed by atoms with Crippen molar-refractivity contribution in [3.63, 3.8) is 0 Å². The number of nitrogens with zero attached hydrogens (tertiary/aromatic N) is 1. The molecule has 5 nitrogen and oxygen atoms in total. The van der Waals surface area contributed by atoms with E-state index in [-0.39, 0.29) is 23.1 Å². The van der Waals surface area contributed by atoms with Gasteiger partial charge in [0.25, 0.3) is 0 Å². The van der Waals surface area contributed by atoms with Crippen molar-refractivity contribution in [3.8, 4) is 0 Å². The molecule has 1 saturated heterocycles. The standard InChI is InChI=1S/C29H43NO4Si/c1-28(2,3)27(32)34-24-19-30(23(26(24)31)20-33-35(7,8)29(4,5)6)25(21-15-11-9-12-16-21)22-17-13-10-14-18-22/h9-18,23-26,31H,19-20H2,1-8H3/t23-,24-,26+/m1/s1. The summed E-state index contributed by atoms with van der Waals surface area (Å²) in [6.07, 6.45) is -1.47. The first-order valence-electron chi connectivity index (χ1n) is 12.6. The van der Waals surface area contributed by atoms with Crippen molar-refractivity contribution in [2.75, 3.05) is 13.2 Å². The summed E-state index contributed by atoms with van der Waals surface area (Å²) in [6.45, 7) is 17.4. The fourth-order valence-electron chi connectivity index (χ4n) is 4.16. The van der Waals surface area contributed by atoms with E-state index < -0.39 is 25.9 Å². The number of benzene rings is 2. The van der Waals surface area contributed by atoms with E-state index in [0.29, 0.717) is 13.2 Å². The highest BCUT2D eigenvalue weighted by atomic mass is 28.4. The summed E-state index contributed by atoms with van der Waals surface area (Å²) in [7, 11) is -2.05. The molecule has 2 aromatic carbocycles. The molecular formula is C29H43NO4Si. The number of rotatable bonds is 7. The maximum absolute atomic E-state index is 12.8. The van der Waals surface area contributed by atoms with Crippen LogP contribution in [-0.2, 0) is 14.0 Å². The second-order valence-electron chi connectivity index (χ2n) is 12.2. The fourth-order valence-corrected chi connectivity index (χ4v) is 5.18. The van der Waals surface area contributed by atoms with Crippen molar-refractivity contribution >= 4 is 14.3 Å². The Bertz CT molecular complexity index is 926. The minimum absolute atomic E-state index is 0.0533. The molecule has 0 spiro atoms. The van der Waals surface area contributed by atoms with Crippen molar-refractivity contribution in [2.24, 2.45) is 5.41 Å². The molecule has 1 fully saturated rings. The molecule has 35 heavy (non-hydrogen) atoms. The third-order valence-electron chi connectivity index (χ3n) is 7.45. The maximum atomic E-state index is 12.8. The Hall–Kier alpha value is -1.99. The van der Waals surface area contributed by atoms with E-state index >= 15 is 0 Å². The van der Waals surface area contributed by atoms with Gasteiger partial charge < -0.3 is 14.3 Å². The fraction of sp³-hybridized carbons (Fsp3) is 0.552. The SMILES string of the molecule is CC(C)(C)C(=O)O[C@@H]1CN(C(c2ccccc2)c2ccccc2)[C@H](CO[Si](C)(C)C(C)(C)C)[C@@H]1O. The Kier molecular flexibility index (Phi) is 8.32. The van der Waals surface area contributed by atoms with Gasteiger partial charge in [0, 0.05) is 6.54 Å². The van der Waals surface area contributed by atoms with Gasteiger partial charge in [0.1, 0.15) is 12.2 Å². The molecule has 1 aliphatic heterocycles. The smallest absolute Gasteiger partial charge is 0.311 e. The maximum Gasteiger partial charge on any atom is 0.311 e. The lowest BCUT2D eigenvalue weighted by molar-refractivity contribution is -0.162. The molecule has 0 radical (unpaired) electrons. The van der Waals surface area contributed by atoms with Crippen LogP contribution in [0, 0.1) is 5.41 Å². The number of aliphatic hydroxyl groups excluding tert-OH is 1. The number of ether oxygens (including phenoxy) is 1. The first-order chi connectivity index (χ1) is 16.2. The normalized spacial score (nSPS) is 21.9. The zero-order chi connectivity index (χ0) is 26.0. The molecule has 2 aromatic rings. The van der Waals surface area contributed by atoms with E-state index in [4.69, 9.17) is 9.16 Å². The van der Waals surface area contributed by atoms with E-state index in [1.165, 1.54) is 0 Å². The number of likely N-dealkylation sites (tertiary alicyclic amines) is 1. The van der Waals surface area contributed by atoms with E-state index in [2.05, 4.69) is 63.0 Å². The highest BCUT2D eigenvalue weighted by Gasteiger charge is 2.48. The summed E-state index contributed by atoms with van der Waals surface area (Å²) >= 11 is 0. The second-order valence-corrected chi connectivity index (χ2v) is 17.1. The summed E-state index contributed by atoms with van der Waals surface area (Å²) in [5.41, 5.74) is 1.62. The lowest BCUT2D eigenvalue weighted by Gasteiger charge is -2.40. The Morgan fingerprint density at radius 1 is 0.971 bits per heavy atom. The van der Waals surface area contributed by atoms with E-state index in [0.717, 1.165) is 11.1 Å². The average molecular weight is 498 g/mol. The highest BCUT2D eigenvalue weighted by molar-refractivity contribution is 6.74. The van der Waals surface area contributed by atoms with Crippen molar-refractivity contribution in [1.82, 2.24) is 4.90 Å². The lowest BCUT2D eigenvalue weighted by Crippen LogP contribution is -2.48. The number of aliphatic hydroxyl groups is 1. The van der Waals surface area contributed by atoms with Crippen molar-refractivity contribution in [3.05, 3.63) is 71.8 Å². The molecule has 192 valence electrons. The number of carbonyl (C=O) groups is 1. The van der Waals surface area contributed by atoms with Gasteiger partial charge in [-0.1, -0.05) is 81.4 Å². The third-order valence-corrected chi connectivity index (χ3v) is 11.9. The molecule has 0 saturated carbocycles. The van der Waals surface area contributed by atoms with Crippen LogP contribution >= 0.6 is 0 Å². The van der Waals surface area contributed by atoms with Gasteiger partial charge in [-0.2, -0.15) is 0 Å². The summed E-state index contributed by atoms with van der Waals surface area (Å²) < 4.78 is 12.5. The van der Waals surface area contributed by atoms with Crippen LogP contribution < -0.4 is 0 Å². The van der Waals surface area contributed by atoms with E-state index in [1.807, 2.05) is 57.2 Å². The summed E-state index contributed by atoms with van der Waals surface area (Å²) in [5, 5.41) is 11.5. The zero-order valence-electron chi connectivity index (χ0n) is 22.6. The Balaban J connectivity index is 2.00. The molecule has 6 heteroatoms. The number of esters is 1.